The summed E-state index contributed by atoms with van der Waals surface area (Å²) >= 11 is 19.1. The van der Waals surface area contributed by atoms with E-state index in [1.165, 1.54) is 0 Å². The van der Waals surface area contributed by atoms with Gasteiger partial charge in [0.05, 0.1) is 17.1 Å². The van der Waals surface area contributed by atoms with Crippen LogP contribution in [0, 0.1) is 0 Å². The third-order valence-corrected chi connectivity index (χ3v) is 6.70. The molecule has 0 amide bonds. The van der Waals surface area contributed by atoms with Crippen molar-refractivity contribution in [1.82, 2.24) is 4.98 Å². The summed E-state index contributed by atoms with van der Waals surface area (Å²) in [6.45, 7) is 2.73. The van der Waals surface area contributed by atoms with Gasteiger partial charge in [-0.25, -0.2) is 4.98 Å². The summed E-state index contributed by atoms with van der Waals surface area (Å²) in [6, 6.07) is 18.0. The lowest BCUT2D eigenvalue weighted by molar-refractivity contribution is 0.207. The van der Waals surface area contributed by atoms with Gasteiger partial charge in [-0.1, -0.05) is 53.9 Å². The topological polar surface area (TPSA) is 63.6 Å². The molecule has 34 heavy (non-hydrogen) atoms. The Morgan fingerprint density at radius 1 is 1.06 bits per heavy atom. The Balaban J connectivity index is 1.32. The molecule has 3 aromatic carbocycles. The van der Waals surface area contributed by atoms with E-state index in [1.54, 1.807) is 36.4 Å². The van der Waals surface area contributed by atoms with Gasteiger partial charge >= 0.3 is 0 Å². The normalized spacial score (nSPS) is 16.0. The molecule has 0 bridgehead atoms. The quantitative estimate of drug-likeness (QED) is 0.264. The number of fused-ring (bicyclic) bond motifs is 2. The van der Waals surface area contributed by atoms with Gasteiger partial charge in [0.15, 0.2) is 12.0 Å². The zero-order valence-electron chi connectivity index (χ0n) is 18.2. The molecule has 1 aliphatic rings. The van der Waals surface area contributed by atoms with Gasteiger partial charge in [0.2, 0.25) is 0 Å². The molecule has 4 aromatic rings. The van der Waals surface area contributed by atoms with Crippen molar-refractivity contribution in [2.45, 2.75) is 25.5 Å². The number of rotatable bonds is 5. The van der Waals surface area contributed by atoms with Crippen LogP contribution in [0.25, 0.3) is 10.9 Å². The van der Waals surface area contributed by atoms with Crippen LogP contribution in [0.5, 0.6) is 17.2 Å². The summed E-state index contributed by atoms with van der Waals surface area (Å²) in [5.74, 6) is 2.37. The molecule has 5 nitrogen and oxygen atoms in total. The van der Waals surface area contributed by atoms with E-state index in [0.29, 0.717) is 56.2 Å². The van der Waals surface area contributed by atoms with Crippen molar-refractivity contribution in [3.05, 3.63) is 86.9 Å². The van der Waals surface area contributed by atoms with Crippen molar-refractivity contribution in [3.63, 3.8) is 0 Å². The fraction of sp³-hybridized carbons (Fsp3) is 0.192. The van der Waals surface area contributed by atoms with Crippen LogP contribution in [0.1, 0.15) is 36.6 Å². The molecular formula is C26H21Cl3N2O3. The van der Waals surface area contributed by atoms with Crippen molar-refractivity contribution >= 4 is 51.5 Å². The number of halogens is 3. The molecule has 0 spiro atoms. The number of benzene rings is 3. The molecule has 5 rings (SSSR count). The van der Waals surface area contributed by atoms with Crippen LogP contribution in [-0.2, 0) is 0 Å². The van der Waals surface area contributed by atoms with E-state index >= 15 is 0 Å². The van der Waals surface area contributed by atoms with Gasteiger partial charge in [0.25, 0.3) is 0 Å². The number of anilines is 1. The largest absolute Gasteiger partial charge is 0.492 e. The number of nitrogens with zero attached hydrogens (tertiary/aromatic N) is 1. The van der Waals surface area contributed by atoms with Crippen LogP contribution < -0.4 is 14.8 Å². The summed E-state index contributed by atoms with van der Waals surface area (Å²) in [6.07, 6.45) is -0.0436. The predicted molar refractivity (Wildman–Crippen MR) is 137 cm³/mol. The van der Waals surface area contributed by atoms with E-state index in [2.05, 4.69) is 17.2 Å². The highest BCUT2D eigenvalue weighted by Gasteiger charge is 2.25. The number of hydrogen-bond acceptors (Lipinski definition) is 5. The second-order valence-corrected chi connectivity index (χ2v) is 9.43. The monoisotopic (exact) mass is 514 g/mol. The van der Waals surface area contributed by atoms with Crippen molar-refractivity contribution < 1.29 is 14.6 Å². The highest BCUT2D eigenvalue weighted by atomic mass is 35.5. The molecule has 8 heteroatoms. The standard InChI is InChI=1S/C26H21Cl3N2O3/c1-14-10-11-33-24-19(14)13-20(28)25(23(24)29)34-18-6-2-15(3-7-18)26(32)31-22-9-4-16-12-17(27)5-8-21(16)30-22/h2-9,12-14,26,32H,10-11H2,1H3,(H,30,31). The molecule has 0 fully saturated rings. The van der Waals surface area contributed by atoms with Crippen molar-refractivity contribution in [2.24, 2.45) is 0 Å². The average molecular weight is 516 g/mol. The van der Waals surface area contributed by atoms with Crippen LogP contribution in [0.3, 0.4) is 0 Å². The Kier molecular flexibility index (Phi) is 6.45. The van der Waals surface area contributed by atoms with Crippen molar-refractivity contribution in [2.75, 3.05) is 11.9 Å². The lowest BCUT2D eigenvalue weighted by Gasteiger charge is -2.25. The summed E-state index contributed by atoms with van der Waals surface area (Å²) in [4.78, 5) is 4.52. The molecule has 2 unspecified atom stereocenters. The van der Waals surface area contributed by atoms with Gasteiger partial charge in [0.1, 0.15) is 22.3 Å². The van der Waals surface area contributed by atoms with E-state index < -0.39 is 6.23 Å². The van der Waals surface area contributed by atoms with Gasteiger partial charge in [-0.15, -0.1) is 0 Å². The molecule has 1 aromatic heterocycles. The molecule has 0 saturated heterocycles. The predicted octanol–water partition coefficient (Wildman–Crippen LogP) is 7.98. The fourth-order valence-electron chi connectivity index (χ4n) is 3.94. The minimum Gasteiger partial charge on any atom is -0.492 e. The van der Waals surface area contributed by atoms with Crippen LogP contribution in [0.2, 0.25) is 15.1 Å². The number of pyridine rings is 1. The van der Waals surface area contributed by atoms with Gasteiger partial charge in [0, 0.05) is 21.5 Å². The maximum atomic E-state index is 10.6. The van der Waals surface area contributed by atoms with Crippen LogP contribution >= 0.6 is 34.8 Å². The van der Waals surface area contributed by atoms with E-state index in [0.717, 1.165) is 22.9 Å². The zero-order valence-corrected chi connectivity index (χ0v) is 20.5. The maximum Gasteiger partial charge on any atom is 0.168 e. The Bertz CT molecular complexity index is 1360. The van der Waals surface area contributed by atoms with Crippen LogP contribution in [0.15, 0.2) is 60.7 Å². The number of ether oxygens (including phenoxy) is 2. The van der Waals surface area contributed by atoms with Crippen molar-refractivity contribution in [1.29, 1.82) is 0 Å². The minimum atomic E-state index is -0.961. The third kappa shape index (κ3) is 4.62. The first kappa shape index (κ1) is 23.1. The molecule has 174 valence electrons. The Morgan fingerprint density at radius 3 is 2.65 bits per heavy atom. The first-order valence-electron chi connectivity index (χ1n) is 10.8. The molecule has 0 aliphatic carbocycles. The second-order valence-electron chi connectivity index (χ2n) is 8.21. The fourth-order valence-corrected chi connectivity index (χ4v) is 4.72. The SMILES string of the molecule is CC1CCOc2c1cc(Cl)c(Oc1ccc(C(O)Nc3ccc4cc(Cl)ccc4n3)cc1)c2Cl. The molecule has 0 radical (unpaired) electrons. The molecule has 1 aliphatic heterocycles. The molecule has 2 N–H and O–H groups in total. The maximum absolute atomic E-state index is 10.6. The van der Waals surface area contributed by atoms with E-state index in [1.807, 2.05) is 24.3 Å². The molecule has 0 saturated carbocycles. The lowest BCUT2D eigenvalue weighted by atomic mass is 9.95. The Hall–Kier alpha value is -2.70. The molecular weight excluding hydrogens is 495 g/mol. The number of hydrogen-bond donors (Lipinski definition) is 2. The average Bonchev–Trinajstić information content (AvgIpc) is 2.83. The Morgan fingerprint density at radius 2 is 1.85 bits per heavy atom. The summed E-state index contributed by atoms with van der Waals surface area (Å²) in [5, 5.41) is 16.0. The highest BCUT2D eigenvalue weighted by Crippen LogP contribution is 2.48. The zero-order chi connectivity index (χ0) is 23.8. The van der Waals surface area contributed by atoms with Gasteiger partial charge in [-0.3, -0.25) is 0 Å². The van der Waals surface area contributed by atoms with Crippen molar-refractivity contribution in [3.8, 4) is 17.2 Å². The number of aliphatic hydroxyl groups excluding tert-OH is 1. The van der Waals surface area contributed by atoms with Gasteiger partial charge < -0.3 is 19.9 Å². The number of aromatic nitrogens is 1. The lowest BCUT2D eigenvalue weighted by Crippen LogP contribution is -2.12. The second kappa shape index (κ2) is 9.51. The first-order chi connectivity index (χ1) is 16.4. The third-order valence-electron chi connectivity index (χ3n) is 5.84. The molecule has 2 heterocycles. The van der Waals surface area contributed by atoms with Crippen LogP contribution in [-0.4, -0.2) is 16.7 Å². The van der Waals surface area contributed by atoms with Gasteiger partial charge in [-0.05, 0) is 60.9 Å². The summed E-state index contributed by atoms with van der Waals surface area (Å²) < 4.78 is 11.8. The molecule has 2 atom stereocenters. The van der Waals surface area contributed by atoms with Crippen LogP contribution in [0.4, 0.5) is 5.82 Å². The van der Waals surface area contributed by atoms with E-state index in [-0.39, 0.29) is 0 Å². The number of nitrogens with one attached hydrogen (secondary N) is 1. The first-order valence-corrected chi connectivity index (χ1v) is 12.0. The minimum absolute atomic E-state index is 0.316. The smallest absolute Gasteiger partial charge is 0.168 e. The highest BCUT2D eigenvalue weighted by molar-refractivity contribution is 6.38. The van der Waals surface area contributed by atoms with E-state index in [9.17, 15) is 5.11 Å². The Labute approximate surface area is 212 Å². The summed E-state index contributed by atoms with van der Waals surface area (Å²) in [7, 11) is 0. The number of aliphatic hydroxyl groups is 1. The summed E-state index contributed by atoms with van der Waals surface area (Å²) in [5.41, 5.74) is 2.41. The van der Waals surface area contributed by atoms with E-state index in [4.69, 9.17) is 44.3 Å². The van der Waals surface area contributed by atoms with Gasteiger partial charge in [-0.2, -0.15) is 0 Å².